The van der Waals surface area contributed by atoms with E-state index in [-0.39, 0.29) is 6.10 Å². The molecular weight excluding hydrogens is 208 g/mol. The van der Waals surface area contributed by atoms with Crippen LogP contribution in [0.1, 0.15) is 10.4 Å². The second kappa shape index (κ2) is 3.64. The summed E-state index contributed by atoms with van der Waals surface area (Å²) >= 11 is 0. The molecule has 0 saturated carbocycles. The summed E-state index contributed by atoms with van der Waals surface area (Å²) in [6.45, 7) is 1.25. The van der Waals surface area contributed by atoms with E-state index in [2.05, 4.69) is 0 Å². The molecule has 1 fully saturated rings. The summed E-state index contributed by atoms with van der Waals surface area (Å²) in [5, 5.41) is 0.782. The molecule has 2 heterocycles. The predicted octanol–water partition coefficient (Wildman–Crippen LogP) is 2.02. The van der Waals surface area contributed by atoms with Gasteiger partial charge in [-0.2, -0.15) is 0 Å². The highest BCUT2D eigenvalue weighted by molar-refractivity contribution is 5.96. The topological polar surface area (TPSA) is 52.0 Å². The lowest BCUT2D eigenvalue weighted by Crippen LogP contribution is -2.02. The van der Waals surface area contributed by atoms with Crippen molar-refractivity contribution in [3.63, 3.8) is 0 Å². The molecule has 1 unspecified atom stereocenters. The van der Waals surface area contributed by atoms with E-state index in [0.29, 0.717) is 23.7 Å². The van der Waals surface area contributed by atoms with Gasteiger partial charge in [0.2, 0.25) is 0 Å². The van der Waals surface area contributed by atoms with Gasteiger partial charge in [-0.15, -0.1) is 0 Å². The molecule has 0 radical (unpaired) electrons. The molecule has 4 heteroatoms. The van der Waals surface area contributed by atoms with Gasteiger partial charge in [0.25, 0.3) is 5.95 Å². The zero-order valence-electron chi connectivity index (χ0n) is 8.51. The number of ether oxygens (including phenoxy) is 2. The Morgan fingerprint density at radius 1 is 1.50 bits per heavy atom. The lowest BCUT2D eigenvalue weighted by molar-refractivity contribution is 0.112. The minimum atomic E-state index is 0.193. The van der Waals surface area contributed by atoms with Gasteiger partial charge in [0.15, 0.2) is 6.29 Å². The predicted molar refractivity (Wildman–Crippen MR) is 56.8 cm³/mol. The highest BCUT2D eigenvalue weighted by atomic mass is 16.6. The molecule has 16 heavy (non-hydrogen) atoms. The molecule has 4 nitrogen and oxygen atoms in total. The molecule has 0 bridgehead atoms. The van der Waals surface area contributed by atoms with Crippen LogP contribution in [-0.2, 0) is 4.74 Å². The molecular formula is C12H10O4. The van der Waals surface area contributed by atoms with Crippen LogP contribution in [0.25, 0.3) is 11.0 Å². The van der Waals surface area contributed by atoms with Crippen molar-refractivity contribution in [2.24, 2.45) is 0 Å². The van der Waals surface area contributed by atoms with Crippen molar-refractivity contribution >= 4 is 17.3 Å². The van der Waals surface area contributed by atoms with Crippen molar-refractivity contribution in [1.82, 2.24) is 0 Å². The van der Waals surface area contributed by atoms with Gasteiger partial charge in [0.1, 0.15) is 18.3 Å². The van der Waals surface area contributed by atoms with Gasteiger partial charge in [0, 0.05) is 17.0 Å². The van der Waals surface area contributed by atoms with E-state index >= 15 is 0 Å². The van der Waals surface area contributed by atoms with E-state index < -0.39 is 0 Å². The first-order valence-electron chi connectivity index (χ1n) is 5.09. The minimum Gasteiger partial charge on any atom is -0.462 e. The zero-order chi connectivity index (χ0) is 11.0. The number of rotatable bonds is 4. The summed E-state index contributed by atoms with van der Waals surface area (Å²) in [5.41, 5.74) is 1.27. The highest BCUT2D eigenvalue weighted by Gasteiger charge is 2.23. The number of aldehydes is 1. The molecule has 0 N–H and O–H groups in total. The van der Waals surface area contributed by atoms with Crippen molar-refractivity contribution in [3.8, 4) is 5.95 Å². The maximum atomic E-state index is 10.8. The molecule has 1 aromatic carbocycles. The Bertz CT molecular complexity index is 525. The normalized spacial score (nSPS) is 18.6. The highest BCUT2D eigenvalue weighted by Crippen LogP contribution is 2.27. The van der Waals surface area contributed by atoms with E-state index in [1.165, 1.54) is 0 Å². The molecule has 0 aliphatic carbocycles. The number of hydrogen-bond acceptors (Lipinski definition) is 4. The van der Waals surface area contributed by atoms with Gasteiger partial charge in [-0.3, -0.25) is 4.79 Å². The van der Waals surface area contributed by atoms with E-state index in [1.54, 1.807) is 18.2 Å². The van der Waals surface area contributed by atoms with E-state index in [0.717, 1.165) is 18.3 Å². The summed E-state index contributed by atoms with van der Waals surface area (Å²) in [4.78, 5) is 10.8. The third kappa shape index (κ3) is 1.67. The number of carbonyl (C=O) groups excluding carboxylic acids is 1. The van der Waals surface area contributed by atoms with Gasteiger partial charge >= 0.3 is 0 Å². The Labute approximate surface area is 91.7 Å². The van der Waals surface area contributed by atoms with Gasteiger partial charge in [-0.1, -0.05) is 12.1 Å². The number of hydrogen-bond donors (Lipinski definition) is 0. The van der Waals surface area contributed by atoms with Crippen LogP contribution in [0.3, 0.4) is 0 Å². The number of furan rings is 1. The average Bonchev–Trinajstić information content (AvgIpc) is 3.04. The monoisotopic (exact) mass is 218 g/mol. The van der Waals surface area contributed by atoms with Crippen LogP contribution in [0.2, 0.25) is 0 Å². The van der Waals surface area contributed by atoms with Crippen molar-refractivity contribution in [1.29, 1.82) is 0 Å². The molecule has 2 aromatic rings. The van der Waals surface area contributed by atoms with Crippen LogP contribution in [-0.4, -0.2) is 25.6 Å². The standard InChI is InChI=1S/C12H10O4/c13-5-8-2-1-3-11-10(8)4-12(16-11)15-7-9-6-14-9/h1-5,9H,6-7H2. The lowest BCUT2D eigenvalue weighted by Gasteiger charge is -1.96. The molecule has 1 saturated heterocycles. The maximum Gasteiger partial charge on any atom is 0.285 e. The summed E-state index contributed by atoms with van der Waals surface area (Å²) in [7, 11) is 0. The first-order chi connectivity index (χ1) is 7.86. The summed E-state index contributed by atoms with van der Waals surface area (Å²) in [5.74, 6) is 0.430. The Balaban J connectivity index is 1.91. The van der Waals surface area contributed by atoms with Crippen LogP contribution in [0.15, 0.2) is 28.7 Å². The summed E-state index contributed by atoms with van der Waals surface area (Å²) in [6.07, 6.45) is 1.00. The molecule has 1 aromatic heterocycles. The number of fused-ring (bicyclic) bond motifs is 1. The van der Waals surface area contributed by atoms with E-state index in [9.17, 15) is 4.79 Å². The fourth-order valence-corrected chi connectivity index (χ4v) is 1.57. The Morgan fingerprint density at radius 3 is 3.12 bits per heavy atom. The Hall–Kier alpha value is -1.81. The Morgan fingerprint density at radius 2 is 2.38 bits per heavy atom. The van der Waals surface area contributed by atoms with Crippen LogP contribution >= 0.6 is 0 Å². The minimum absolute atomic E-state index is 0.193. The van der Waals surface area contributed by atoms with Crippen molar-refractivity contribution < 1.29 is 18.7 Å². The first-order valence-corrected chi connectivity index (χ1v) is 5.09. The van der Waals surface area contributed by atoms with Gasteiger partial charge in [-0.05, 0) is 6.07 Å². The van der Waals surface area contributed by atoms with Gasteiger partial charge in [0.05, 0.1) is 6.61 Å². The molecule has 1 aliphatic rings. The molecule has 1 aliphatic heterocycles. The van der Waals surface area contributed by atoms with Crippen molar-refractivity contribution in [2.75, 3.05) is 13.2 Å². The van der Waals surface area contributed by atoms with Gasteiger partial charge in [-0.25, -0.2) is 0 Å². The third-order valence-electron chi connectivity index (χ3n) is 2.51. The second-order valence-electron chi connectivity index (χ2n) is 3.71. The first kappa shape index (κ1) is 9.42. The number of benzene rings is 1. The SMILES string of the molecule is O=Cc1cccc2oc(OCC3CO3)cc12. The largest absolute Gasteiger partial charge is 0.462 e. The number of epoxide rings is 1. The smallest absolute Gasteiger partial charge is 0.285 e. The second-order valence-corrected chi connectivity index (χ2v) is 3.71. The molecule has 0 amide bonds. The summed E-state index contributed by atoms with van der Waals surface area (Å²) < 4.78 is 15.9. The fraction of sp³-hybridized carbons (Fsp3) is 0.250. The molecule has 82 valence electrons. The van der Waals surface area contributed by atoms with Crippen molar-refractivity contribution in [2.45, 2.75) is 6.10 Å². The van der Waals surface area contributed by atoms with E-state index in [4.69, 9.17) is 13.9 Å². The quantitative estimate of drug-likeness (QED) is 0.582. The molecule has 1 atom stereocenters. The van der Waals surface area contributed by atoms with Crippen molar-refractivity contribution in [3.05, 3.63) is 29.8 Å². The summed E-state index contributed by atoms with van der Waals surface area (Å²) in [6, 6.07) is 7.08. The zero-order valence-corrected chi connectivity index (χ0v) is 8.51. The van der Waals surface area contributed by atoms with Crippen LogP contribution < -0.4 is 4.74 Å². The van der Waals surface area contributed by atoms with E-state index in [1.807, 2.05) is 6.07 Å². The third-order valence-corrected chi connectivity index (χ3v) is 2.51. The van der Waals surface area contributed by atoms with Crippen LogP contribution in [0.4, 0.5) is 0 Å². The van der Waals surface area contributed by atoms with Crippen LogP contribution in [0, 0.1) is 0 Å². The average molecular weight is 218 g/mol. The number of carbonyl (C=O) groups is 1. The maximum absolute atomic E-state index is 10.8. The van der Waals surface area contributed by atoms with Crippen LogP contribution in [0.5, 0.6) is 5.95 Å². The molecule has 0 spiro atoms. The lowest BCUT2D eigenvalue weighted by atomic mass is 10.1. The fourth-order valence-electron chi connectivity index (χ4n) is 1.57. The molecule has 3 rings (SSSR count). The Kier molecular flexibility index (Phi) is 2.15. The van der Waals surface area contributed by atoms with Gasteiger partial charge < -0.3 is 13.9 Å².